The maximum Gasteiger partial charge on any atom is 0.633 e. The van der Waals surface area contributed by atoms with Crippen LogP contribution in [0.4, 0.5) is 0 Å². The minimum atomic E-state index is -0.542. The molecule has 54 heavy (non-hydrogen) atoms. The van der Waals surface area contributed by atoms with Crippen molar-refractivity contribution in [2.75, 3.05) is 0 Å². The third-order valence-corrected chi connectivity index (χ3v) is 11.5. The maximum absolute atomic E-state index is 6.98. The van der Waals surface area contributed by atoms with Crippen LogP contribution in [0.25, 0.3) is 99.2 Å². The van der Waals surface area contributed by atoms with Gasteiger partial charge in [0.25, 0.3) is 0 Å². The molecule has 2 aliphatic rings. The molecular weight excluding hydrogens is 663 g/mol. The zero-order valence-corrected chi connectivity index (χ0v) is 28.8. The van der Waals surface area contributed by atoms with Gasteiger partial charge in [-0.3, -0.25) is 0 Å². The van der Waals surface area contributed by atoms with E-state index in [0.717, 1.165) is 100.0 Å². The van der Waals surface area contributed by atoms with Crippen LogP contribution in [0.5, 0.6) is 11.5 Å². The fraction of sp³-hybridized carbons (Fsp3) is 0. The molecule has 13 rings (SSSR count). The Hall–Kier alpha value is -7.18. The average Bonchev–Trinajstić information content (AvgIpc) is 3.89. The number of fused-ring (bicyclic) bond motifs is 16. The van der Waals surface area contributed by atoms with Crippen LogP contribution < -0.4 is 14.8 Å². The second-order valence-corrected chi connectivity index (χ2v) is 14.3. The normalized spacial score (nSPS) is 13.1. The lowest BCUT2D eigenvalue weighted by molar-refractivity contribution is 0.436. The van der Waals surface area contributed by atoms with Crippen LogP contribution in [-0.4, -0.2) is 16.3 Å². The lowest BCUT2D eigenvalue weighted by Gasteiger charge is -2.32. The summed E-state index contributed by atoms with van der Waals surface area (Å²) in [5.74, 6) is 1.64. The SMILES string of the molecule is c1ccc(-n2c3ccccc3c3c2c2oc4ccccc4c2c2c4ccccc4n(-c4cc5c6c(c4)-c4ccccc4OB6Oc4ccccc4-5)c23)cc1. The topological polar surface area (TPSA) is 41.5 Å². The van der Waals surface area contributed by atoms with Gasteiger partial charge < -0.3 is 22.9 Å². The highest BCUT2D eigenvalue weighted by Gasteiger charge is 2.42. The van der Waals surface area contributed by atoms with Crippen molar-refractivity contribution in [3.05, 3.63) is 164 Å². The largest absolute Gasteiger partial charge is 0.633 e. The molecule has 0 radical (unpaired) electrons. The van der Waals surface area contributed by atoms with E-state index in [4.69, 9.17) is 13.7 Å². The Labute approximate surface area is 308 Å². The summed E-state index contributed by atoms with van der Waals surface area (Å²) in [5, 5.41) is 6.92. The lowest BCUT2D eigenvalue weighted by atomic mass is 9.66. The smallest absolute Gasteiger partial charge is 0.521 e. The first kappa shape index (κ1) is 28.4. The predicted molar refractivity (Wildman–Crippen MR) is 220 cm³/mol. The van der Waals surface area contributed by atoms with E-state index in [0.29, 0.717) is 0 Å². The molecule has 5 heterocycles. The van der Waals surface area contributed by atoms with E-state index in [1.807, 2.05) is 24.3 Å². The fourth-order valence-electron chi connectivity index (χ4n) is 9.42. The summed E-state index contributed by atoms with van der Waals surface area (Å²) in [6.45, 7) is 0. The van der Waals surface area contributed by atoms with Crippen LogP contribution in [0, 0.1) is 0 Å². The minimum Gasteiger partial charge on any atom is -0.521 e. The summed E-state index contributed by atoms with van der Waals surface area (Å²) < 4.78 is 25.0. The summed E-state index contributed by atoms with van der Waals surface area (Å²) in [6.07, 6.45) is 0. The van der Waals surface area contributed by atoms with Crippen molar-refractivity contribution in [2.45, 2.75) is 0 Å². The standard InChI is InChI=1S/C48H27BN2O3/c1-2-14-28(15-3-1)50-38-22-10-5-19-33(38)44-46-42(43-34-20-8-11-23-39(34)52-48(43)47(44)50)32-18-4-9-21-37(32)51(46)29-26-35-30-16-6-12-24-40(30)53-49-45(35)36(27-29)31-17-7-13-25-41(31)54-49/h1-27H. The second-order valence-electron chi connectivity index (χ2n) is 14.3. The third kappa shape index (κ3) is 3.55. The van der Waals surface area contributed by atoms with Crippen LogP contribution in [0.15, 0.2) is 168 Å². The Morgan fingerprint density at radius 1 is 0.407 bits per heavy atom. The van der Waals surface area contributed by atoms with E-state index in [2.05, 4.69) is 149 Å². The van der Waals surface area contributed by atoms with Crippen LogP contribution in [-0.2, 0) is 0 Å². The molecule has 0 bridgehead atoms. The summed E-state index contributed by atoms with van der Waals surface area (Å²) >= 11 is 0. The van der Waals surface area contributed by atoms with Crippen molar-refractivity contribution >= 4 is 78.1 Å². The second kappa shape index (κ2) is 10.2. The molecule has 0 saturated carbocycles. The van der Waals surface area contributed by atoms with Crippen LogP contribution in [0.3, 0.4) is 0 Å². The quantitative estimate of drug-likeness (QED) is 0.170. The van der Waals surface area contributed by atoms with Crippen molar-refractivity contribution in [3.8, 4) is 45.1 Å². The number of para-hydroxylation sites is 6. The van der Waals surface area contributed by atoms with E-state index >= 15 is 0 Å². The average molecular weight is 691 g/mol. The predicted octanol–water partition coefficient (Wildman–Crippen LogP) is 11.6. The Morgan fingerprint density at radius 3 is 1.63 bits per heavy atom. The molecule has 0 spiro atoms. The first-order valence-electron chi connectivity index (χ1n) is 18.4. The summed E-state index contributed by atoms with van der Waals surface area (Å²) in [5.41, 5.74) is 13.8. The van der Waals surface area contributed by atoms with Gasteiger partial charge in [-0.25, -0.2) is 0 Å². The Morgan fingerprint density at radius 2 is 0.944 bits per heavy atom. The zero-order valence-electron chi connectivity index (χ0n) is 28.8. The zero-order chi connectivity index (χ0) is 35.1. The monoisotopic (exact) mass is 690 g/mol. The molecule has 250 valence electrons. The van der Waals surface area contributed by atoms with E-state index in [1.54, 1.807) is 0 Å². The molecule has 2 aliphatic heterocycles. The fourth-order valence-corrected chi connectivity index (χ4v) is 9.42. The summed E-state index contributed by atoms with van der Waals surface area (Å²) in [7, 11) is -0.542. The van der Waals surface area contributed by atoms with Gasteiger partial charge in [-0.15, -0.1) is 0 Å². The van der Waals surface area contributed by atoms with Crippen molar-refractivity contribution in [1.29, 1.82) is 0 Å². The highest BCUT2D eigenvalue weighted by Crippen LogP contribution is 2.50. The van der Waals surface area contributed by atoms with Crippen molar-refractivity contribution in [1.82, 2.24) is 9.13 Å². The molecule has 0 atom stereocenters. The number of aromatic nitrogens is 2. The Balaban J connectivity index is 1.29. The molecule has 5 nitrogen and oxygen atoms in total. The van der Waals surface area contributed by atoms with E-state index in [1.165, 1.54) is 16.2 Å². The number of rotatable bonds is 2. The minimum absolute atomic E-state index is 0.542. The van der Waals surface area contributed by atoms with Crippen molar-refractivity contribution < 1.29 is 13.7 Å². The molecule has 8 aromatic carbocycles. The maximum atomic E-state index is 6.98. The van der Waals surface area contributed by atoms with Crippen LogP contribution in [0.2, 0.25) is 0 Å². The lowest BCUT2D eigenvalue weighted by Crippen LogP contribution is -2.49. The Bertz CT molecular complexity index is 3340. The molecule has 0 N–H and O–H groups in total. The van der Waals surface area contributed by atoms with Gasteiger partial charge in [-0.05, 0) is 65.7 Å². The summed E-state index contributed by atoms with van der Waals surface area (Å²) in [6, 6.07) is 58.0. The highest BCUT2D eigenvalue weighted by atomic mass is 16.6. The first-order valence-corrected chi connectivity index (χ1v) is 18.4. The van der Waals surface area contributed by atoms with E-state index < -0.39 is 7.12 Å². The molecule has 0 aliphatic carbocycles. The van der Waals surface area contributed by atoms with Crippen LogP contribution >= 0.6 is 0 Å². The third-order valence-electron chi connectivity index (χ3n) is 11.5. The number of benzene rings is 8. The molecule has 0 saturated heterocycles. The first-order chi connectivity index (χ1) is 26.8. The summed E-state index contributed by atoms with van der Waals surface area (Å²) in [4.78, 5) is 0. The molecule has 0 amide bonds. The Kier molecular flexibility index (Phi) is 5.39. The van der Waals surface area contributed by atoms with Gasteiger partial charge in [0.1, 0.15) is 17.1 Å². The highest BCUT2D eigenvalue weighted by molar-refractivity contribution is 6.68. The molecule has 0 fully saturated rings. The molecule has 6 heteroatoms. The van der Waals surface area contributed by atoms with Crippen molar-refractivity contribution in [3.63, 3.8) is 0 Å². The number of hydrogen-bond acceptors (Lipinski definition) is 3. The van der Waals surface area contributed by atoms with Gasteiger partial charge >= 0.3 is 7.12 Å². The molecular formula is C48H27BN2O3. The molecule has 11 aromatic rings. The van der Waals surface area contributed by atoms with Gasteiger partial charge in [0.05, 0.1) is 22.1 Å². The molecule has 0 unspecified atom stereocenters. The number of nitrogens with zero attached hydrogens (tertiary/aromatic N) is 2. The number of hydrogen-bond donors (Lipinski definition) is 0. The van der Waals surface area contributed by atoms with Gasteiger partial charge in [-0.2, -0.15) is 0 Å². The van der Waals surface area contributed by atoms with Gasteiger partial charge in [0, 0.05) is 60.3 Å². The van der Waals surface area contributed by atoms with Gasteiger partial charge in [0.2, 0.25) is 0 Å². The van der Waals surface area contributed by atoms with E-state index in [-0.39, 0.29) is 0 Å². The molecule has 3 aromatic heterocycles. The van der Waals surface area contributed by atoms with Crippen LogP contribution in [0.1, 0.15) is 0 Å². The van der Waals surface area contributed by atoms with Crippen molar-refractivity contribution in [2.24, 2.45) is 0 Å². The number of furan rings is 1. The van der Waals surface area contributed by atoms with Gasteiger partial charge in [-0.1, -0.05) is 109 Å². The van der Waals surface area contributed by atoms with E-state index in [9.17, 15) is 0 Å². The van der Waals surface area contributed by atoms with Gasteiger partial charge in [0.15, 0.2) is 5.58 Å².